The molecule has 0 heterocycles. The van der Waals surface area contributed by atoms with E-state index in [9.17, 15) is 0 Å². The summed E-state index contributed by atoms with van der Waals surface area (Å²) in [4.78, 5) is 0. The molecule has 0 fully saturated rings. The molecule has 0 atom stereocenters. The van der Waals surface area contributed by atoms with Crippen LogP contribution in [0.3, 0.4) is 0 Å². The summed E-state index contributed by atoms with van der Waals surface area (Å²) in [5, 5.41) is 49.5. The molecule has 0 aromatic rings. The van der Waals surface area contributed by atoms with Gasteiger partial charge in [0, 0.05) is 0 Å². The van der Waals surface area contributed by atoms with E-state index < -0.39 is 0 Å². The normalized spacial score (nSPS) is 2.77. The van der Waals surface area contributed by atoms with Crippen molar-refractivity contribution in [3.05, 3.63) is 0 Å². The van der Waals surface area contributed by atoms with Gasteiger partial charge in [-0.2, -0.15) is 42.7 Å². The molecule has 0 saturated carbocycles. The molecule has 0 aliphatic carbocycles. The van der Waals surface area contributed by atoms with E-state index in [-0.39, 0.29) is 31.1 Å². The molecule has 13 heavy (non-hydrogen) atoms. The van der Waals surface area contributed by atoms with Gasteiger partial charge in [0.25, 0.3) is 0 Å². The quantitative estimate of drug-likeness (QED) is 0.379. The summed E-state index contributed by atoms with van der Waals surface area (Å²) in [6.07, 6.45) is 0. The molecule has 0 radical (unpaired) electrons. The topological polar surface area (TPSA) is 138 Å². The minimum Gasteiger partial charge on any atom is -0.857 e. The van der Waals surface area contributed by atoms with Crippen molar-refractivity contribution in [1.29, 1.82) is 0 Å². The zero-order valence-corrected chi connectivity index (χ0v) is 13.1. The van der Waals surface area contributed by atoms with Crippen LogP contribution in [0.4, 0.5) is 0 Å². The van der Waals surface area contributed by atoms with Gasteiger partial charge in [-0.15, -0.1) is 0 Å². The molecule has 0 saturated heterocycles. The first-order valence-electron chi connectivity index (χ1n) is 2.45. The first-order valence-corrected chi connectivity index (χ1v) is 2.45. The van der Waals surface area contributed by atoms with Crippen molar-refractivity contribution in [1.82, 2.24) is 0 Å². The summed E-state index contributed by atoms with van der Waals surface area (Å²) in [6.45, 7) is 0. The van der Waals surface area contributed by atoms with E-state index in [1.54, 1.807) is 0 Å². The molecule has 0 aliphatic heterocycles. The number of rotatable bonds is 0. The first-order chi connectivity index (χ1) is 6.00. The molecule has 0 N–H and O–H groups in total. The van der Waals surface area contributed by atoms with E-state index in [0.717, 1.165) is 42.7 Å². The Morgan fingerprint density at radius 2 is 0.308 bits per heavy atom. The van der Waals surface area contributed by atoms with E-state index in [1.165, 1.54) is 0 Å². The van der Waals surface area contributed by atoms with Crippen molar-refractivity contribution in [2.75, 3.05) is 42.7 Å². The summed E-state index contributed by atoms with van der Waals surface area (Å²) in [6, 6.07) is 0. The predicted octanol–water partition coefficient (Wildman–Crippen LogP) is -6.14. The largest absolute Gasteiger partial charge is 6.00 e. The molecule has 0 bridgehead atoms. The van der Waals surface area contributed by atoms with Crippen molar-refractivity contribution < 1.29 is 61.8 Å². The minimum atomic E-state index is 0. The van der Waals surface area contributed by atoms with Gasteiger partial charge in [-0.3, -0.25) is 0 Å². The van der Waals surface area contributed by atoms with Gasteiger partial charge in [0.2, 0.25) is 0 Å². The molecule has 0 amide bonds. The Morgan fingerprint density at radius 1 is 0.308 bits per heavy atom. The van der Waals surface area contributed by atoms with Crippen molar-refractivity contribution >= 4 is 0 Å². The molecular formula is C6H18O6U. The van der Waals surface area contributed by atoms with Crippen LogP contribution in [0.25, 0.3) is 0 Å². The van der Waals surface area contributed by atoms with Gasteiger partial charge in [-0.25, -0.2) is 0 Å². The maximum absolute atomic E-state index is 8.25. The van der Waals surface area contributed by atoms with Gasteiger partial charge in [-0.05, 0) is 0 Å². The summed E-state index contributed by atoms with van der Waals surface area (Å²) in [7, 11) is 4.50. The molecule has 0 aromatic heterocycles. The summed E-state index contributed by atoms with van der Waals surface area (Å²) < 4.78 is 0. The Hall–Kier alpha value is 0.812. The maximum Gasteiger partial charge on any atom is 6.00 e. The van der Waals surface area contributed by atoms with Crippen LogP contribution in [-0.2, 0) is 0 Å². The van der Waals surface area contributed by atoms with E-state index in [0.29, 0.717) is 0 Å². The van der Waals surface area contributed by atoms with Crippen LogP contribution in [0, 0.1) is 31.1 Å². The zero-order chi connectivity index (χ0) is 12.0. The second-order valence-electron chi connectivity index (χ2n) is 0. The van der Waals surface area contributed by atoms with Gasteiger partial charge in [0.1, 0.15) is 0 Å². The summed E-state index contributed by atoms with van der Waals surface area (Å²) in [5.74, 6) is 0. The third-order valence-electron chi connectivity index (χ3n) is 0. The van der Waals surface area contributed by atoms with Crippen LogP contribution in [0.15, 0.2) is 0 Å². The van der Waals surface area contributed by atoms with Crippen LogP contribution in [0.5, 0.6) is 0 Å². The molecular weight excluding hydrogens is 406 g/mol. The van der Waals surface area contributed by atoms with Gasteiger partial charge < -0.3 is 30.6 Å². The van der Waals surface area contributed by atoms with Crippen LogP contribution in [-0.4, -0.2) is 42.7 Å². The number of hydrogen-bond acceptors (Lipinski definition) is 6. The van der Waals surface area contributed by atoms with Crippen LogP contribution in [0.1, 0.15) is 0 Å². The summed E-state index contributed by atoms with van der Waals surface area (Å²) in [5.41, 5.74) is 0. The fourth-order valence-corrected chi connectivity index (χ4v) is 0. The molecule has 0 aromatic carbocycles. The van der Waals surface area contributed by atoms with Crippen LogP contribution in [0.2, 0.25) is 0 Å². The fourth-order valence-electron chi connectivity index (χ4n) is 0. The van der Waals surface area contributed by atoms with E-state index in [4.69, 9.17) is 30.6 Å². The Labute approximate surface area is 104 Å². The molecule has 7 heteroatoms. The van der Waals surface area contributed by atoms with E-state index >= 15 is 0 Å². The standard InChI is InChI=1S/6CH3O.U/c6*1-2;/h6*1H3;/q6*-1;+6. The second-order valence-corrected chi connectivity index (χ2v) is 0. The summed E-state index contributed by atoms with van der Waals surface area (Å²) >= 11 is 0. The zero-order valence-electron chi connectivity index (χ0n) is 8.95. The Kier molecular flexibility index (Phi) is 10200. The monoisotopic (exact) mass is 424 g/mol. The molecule has 0 spiro atoms. The second kappa shape index (κ2) is 2710. The van der Waals surface area contributed by atoms with Crippen LogP contribution >= 0.6 is 0 Å². The van der Waals surface area contributed by atoms with E-state index in [2.05, 4.69) is 0 Å². The average Bonchev–Trinajstić information content (AvgIpc) is 2.33. The Bertz CT molecular complexity index is 17.1. The smallest absolute Gasteiger partial charge is 0.857 e. The third-order valence-corrected chi connectivity index (χ3v) is 0. The Balaban J connectivity index is -0.00000000655. The van der Waals surface area contributed by atoms with Gasteiger partial charge in [0.15, 0.2) is 0 Å². The number of hydrogen-bond donors (Lipinski definition) is 0. The molecule has 0 unspecified atom stereocenters. The van der Waals surface area contributed by atoms with Crippen molar-refractivity contribution in [2.45, 2.75) is 0 Å². The van der Waals surface area contributed by atoms with Gasteiger partial charge >= 0.3 is 31.1 Å². The van der Waals surface area contributed by atoms with Crippen molar-refractivity contribution in [2.24, 2.45) is 0 Å². The average molecular weight is 424 g/mol. The van der Waals surface area contributed by atoms with Gasteiger partial charge in [0.05, 0.1) is 0 Å². The van der Waals surface area contributed by atoms with Crippen molar-refractivity contribution in [3.8, 4) is 0 Å². The first kappa shape index (κ1) is 48.9. The van der Waals surface area contributed by atoms with E-state index in [1.807, 2.05) is 0 Å². The maximum atomic E-state index is 8.25. The SMILES string of the molecule is C[O-].C[O-].C[O-].C[O-].C[O-].C[O-].[U+6]. The predicted molar refractivity (Wildman–Crippen MR) is 35.5 cm³/mol. The fraction of sp³-hybridized carbons (Fsp3) is 1.00. The third kappa shape index (κ3) is 2270. The molecule has 0 rings (SSSR count). The Morgan fingerprint density at radius 3 is 0.308 bits per heavy atom. The molecule has 6 nitrogen and oxygen atoms in total. The molecule has 82 valence electrons. The molecule has 0 aliphatic rings. The minimum absolute atomic E-state index is 0. The van der Waals surface area contributed by atoms with Crippen LogP contribution < -0.4 is 30.6 Å². The van der Waals surface area contributed by atoms with Gasteiger partial charge in [-0.1, -0.05) is 0 Å². The van der Waals surface area contributed by atoms with Crippen molar-refractivity contribution in [3.63, 3.8) is 0 Å².